The largest absolute Gasteiger partial charge is 0.248 e. The van der Waals surface area contributed by atoms with E-state index in [0.717, 1.165) is 11.2 Å². The fourth-order valence-electron chi connectivity index (χ4n) is 2.39. The van der Waals surface area contributed by atoms with Crippen molar-refractivity contribution < 1.29 is 0 Å². The fourth-order valence-corrected chi connectivity index (χ4v) is 2.39. The summed E-state index contributed by atoms with van der Waals surface area (Å²) < 4.78 is 0. The highest BCUT2D eigenvalue weighted by molar-refractivity contribution is 5.83. The quantitative estimate of drug-likeness (QED) is 0.600. The first-order valence-electron chi connectivity index (χ1n) is 6.58. The van der Waals surface area contributed by atoms with Crippen LogP contribution in [0.5, 0.6) is 0 Å². The summed E-state index contributed by atoms with van der Waals surface area (Å²) in [6, 6.07) is 17.2. The summed E-state index contributed by atoms with van der Waals surface area (Å²) in [5.74, 6) is 0. The summed E-state index contributed by atoms with van der Waals surface area (Å²) in [5.41, 5.74) is 7.09. The van der Waals surface area contributed by atoms with Crippen molar-refractivity contribution in [2.75, 3.05) is 0 Å². The number of aryl methyl sites for hydroxylation is 3. The molecule has 0 aliphatic carbocycles. The van der Waals surface area contributed by atoms with Crippen LogP contribution in [0.4, 0.5) is 0 Å². The first kappa shape index (κ1) is 11.9. The van der Waals surface area contributed by atoms with E-state index in [2.05, 4.69) is 69.3 Å². The Morgan fingerprint density at radius 2 is 1.42 bits per heavy atom. The van der Waals surface area contributed by atoms with Gasteiger partial charge in [0.05, 0.1) is 11.2 Å². The number of fused-ring (bicyclic) bond motifs is 1. The van der Waals surface area contributed by atoms with E-state index < -0.39 is 0 Å². The lowest BCUT2D eigenvalue weighted by atomic mass is 10.0. The van der Waals surface area contributed by atoms with Gasteiger partial charge in [-0.05, 0) is 44.0 Å². The number of pyridine rings is 1. The number of nitrogens with zero attached hydrogens (tertiary/aromatic N) is 1. The summed E-state index contributed by atoms with van der Waals surface area (Å²) >= 11 is 0. The standard InChI is InChI=1S/C18H17N/c1-12-4-7-15(8-5-12)18-14(3)11-16-9-6-13(2)10-17(16)19-18/h4-11H,1-3H3. The van der Waals surface area contributed by atoms with Gasteiger partial charge >= 0.3 is 0 Å². The Kier molecular flexibility index (Phi) is 2.83. The van der Waals surface area contributed by atoms with Gasteiger partial charge in [0.1, 0.15) is 0 Å². The molecule has 0 atom stereocenters. The molecule has 3 aromatic rings. The molecule has 0 radical (unpaired) electrons. The Morgan fingerprint density at radius 3 is 2.16 bits per heavy atom. The second-order valence-corrected chi connectivity index (χ2v) is 5.22. The third-order valence-electron chi connectivity index (χ3n) is 3.49. The summed E-state index contributed by atoms with van der Waals surface area (Å²) in [7, 11) is 0. The van der Waals surface area contributed by atoms with Crippen LogP contribution in [0.25, 0.3) is 22.2 Å². The zero-order valence-electron chi connectivity index (χ0n) is 11.6. The maximum absolute atomic E-state index is 4.84. The summed E-state index contributed by atoms with van der Waals surface area (Å²) in [5, 5.41) is 1.21. The Balaban J connectivity index is 2.23. The maximum Gasteiger partial charge on any atom is 0.0738 e. The maximum atomic E-state index is 4.84. The van der Waals surface area contributed by atoms with Crippen LogP contribution in [0.1, 0.15) is 16.7 Å². The molecule has 1 heterocycles. The van der Waals surface area contributed by atoms with Gasteiger partial charge in [0, 0.05) is 10.9 Å². The van der Waals surface area contributed by atoms with Crippen molar-refractivity contribution in [3.8, 4) is 11.3 Å². The van der Waals surface area contributed by atoms with Crippen LogP contribution in [0.3, 0.4) is 0 Å². The highest BCUT2D eigenvalue weighted by Crippen LogP contribution is 2.25. The molecule has 1 nitrogen and oxygen atoms in total. The van der Waals surface area contributed by atoms with Crippen molar-refractivity contribution in [1.82, 2.24) is 4.98 Å². The smallest absolute Gasteiger partial charge is 0.0738 e. The van der Waals surface area contributed by atoms with Crippen molar-refractivity contribution in [2.24, 2.45) is 0 Å². The van der Waals surface area contributed by atoms with Gasteiger partial charge in [-0.2, -0.15) is 0 Å². The molecule has 0 saturated carbocycles. The van der Waals surface area contributed by atoms with Crippen molar-refractivity contribution >= 4 is 10.9 Å². The second-order valence-electron chi connectivity index (χ2n) is 5.22. The topological polar surface area (TPSA) is 12.9 Å². The number of rotatable bonds is 1. The van der Waals surface area contributed by atoms with Crippen LogP contribution in [-0.4, -0.2) is 4.98 Å². The molecule has 0 N–H and O–H groups in total. The van der Waals surface area contributed by atoms with E-state index in [-0.39, 0.29) is 0 Å². The van der Waals surface area contributed by atoms with Crippen LogP contribution in [0, 0.1) is 20.8 Å². The average Bonchev–Trinajstić information content (AvgIpc) is 2.40. The van der Waals surface area contributed by atoms with Crippen LogP contribution in [-0.2, 0) is 0 Å². The van der Waals surface area contributed by atoms with Gasteiger partial charge in [-0.1, -0.05) is 42.0 Å². The molecule has 0 aliphatic heterocycles. The third-order valence-corrected chi connectivity index (χ3v) is 3.49. The Bertz CT molecular complexity index is 739. The van der Waals surface area contributed by atoms with Crippen molar-refractivity contribution in [3.05, 3.63) is 65.2 Å². The van der Waals surface area contributed by atoms with Gasteiger partial charge in [0.25, 0.3) is 0 Å². The number of hydrogen-bond donors (Lipinski definition) is 0. The molecule has 19 heavy (non-hydrogen) atoms. The first-order chi connectivity index (χ1) is 9.13. The highest BCUT2D eigenvalue weighted by atomic mass is 14.7. The van der Waals surface area contributed by atoms with Gasteiger partial charge in [-0.3, -0.25) is 0 Å². The van der Waals surface area contributed by atoms with E-state index in [1.165, 1.54) is 27.6 Å². The van der Waals surface area contributed by atoms with Gasteiger partial charge in [0.15, 0.2) is 0 Å². The molecule has 0 saturated heterocycles. The van der Waals surface area contributed by atoms with E-state index in [4.69, 9.17) is 4.98 Å². The molecule has 3 rings (SSSR count). The molecule has 2 aromatic carbocycles. The molecule has 1 aromatic heterocycles. The van der Waals surface area contributed by atoms with Crippen molar-refractivity contribution in [3.63, 3.8) is 0 Å². The predicted octanol–water partition coefficient (Wildman–Crippen LogP) is 4.83. The molecule has 1 heteroatoms. The minimum Gasteiger partial charge on any atom is -0.248 e. The van der Waals surface area contributed by atoms with Gasteiger partial charge < -0.3 is 0 Å². The van der Waals surface area contributed by atoms with Crippen molar-refractivity contribution in [1.29, 1.82) is 0 Å². The lowest BCUT2D eigenvalue weighted by Crippen LogP contribution is -1.90. The number of aromatic nitrogens is 1. The molecule has 0 spiro atoms. The second kappa shape index (κ2) is 4.51. The molecule has 0 bridgehead atoms. The van der Waals surface area contributed by atoms with E-state index in [1.807, 2.05) is 0 Å². The minimum absolute atomic E-state index is 1.07. The zero-order valence-corrected chi connectivity index (χ0v) is 11.6. The van der Waals surface area contributed by atoms with E-state index in [1.54, 1.807) is 0 Å². The monoisotopic (exact) mass is 247 g/mol. The first-order valence-corrected chi connectivity index (χ1v) is 6.58. The summed E-state index contributed by atoms with van der Waals surface area (Å²) in [4.78, 5) is 4.84. The lowest BCUT2D eigenvalue weighted by molar-refractivity contribution is 1.31. The predicted molar refractivity (Wildman–Crippen MR) is 81.4 cm³/mol. The third kappa shape index (κ3) is 2.24. The van der Waals surface area contributed by atoms with Crippen LogP contribution >= 0.6 is 0 Å². The van der Waals surface area contributed by atoms with Crippen molar-refractivity contribution in [2.45, 2.75) is 20.8 Å². The van der Waals surface area contributed by atoms with E-state index >= 15 is 0 Å². The molecular formula is C18H17N. The Morgan fingerprint density at radius 1 is 0.737 bits per heavy atom. The van der Waals surface area contributed by atoms with E-state index in [9.17, 15) is 0 Å². The molecule has 94 valence electrons. The van der Waals surface area contributed by atoms with Crippen LogP contribution in [0.15, 0.2) is 48.5 Å². The molecule has 0 amide bonds. The molecule has 0 aliphatic rings. The Labute approximate surface area is 113 Å². The summed E-state index contributed by atoms with van der Waals surface area (Å²) in [6.07, 6.45) is 0. The van der Waals surface area contributed by atoms with Gasteiger partial charge in [-0.25, -0.2) is 4.98 Å². The minimum atomic E-state index is 1.07. The zero-order chi connectivity index (χ0) is 13.4. The summed E-state index contributed by atoms with van der Waals surface area (Å²) in [6.45, 7) is 6.34. The van der Waals surface area contributed by atoms with Gasteiger partial charge in [-0.15, -0.1) is 0 Å². The number of hydrogen-bond acceptors (Lipinski definition) is 1. The highest BCUT2D eigenvalue weighted by Gasteiger charge is 2.06. The average molecular weight is 247 g/mol. The lowest BCUT2D eigenvalue weighted by Gasteiger charge is -2.08. The van der Waals surface area contributed by atoms with Gasteiger partial charge in [0.2, 0.25) is 0 Å². The molecular weight excluding hydrogens is 230 g/mol. The van der Waals surface area contributed by atoms with Crippen LogP contribution < -0.4 is 0 Å². The normalized spacial score (nSPS) is 10.9. The Hall–Kier alpha value is -2.15. The molecule has 0 fully saturated rings. The molecule has 0 unspecified atom stereocenters. The van der Waals surface area contributed by atoms with Crippen LogP contribution in [0.2, 0.25) is 0 Å². The number of benzene rings is 2. The van der Waals surface area contributed by atoms with E-state index in [0.29, 0.717) is 0 Å². The fraction of sp³-hybridized carbons (Fsp3) is 0.167. The SMILES string of the molecule is Cc1ccc(-c2nc3cc(C)ccc3cc2C)cc1.